The average molecular weight is 383 g/mol. The number of anilines is 2. The number of nitrogens with one attached hydrogen (secondary N) is 2. The van der Waals surface area contributed by atoms with Crippen molar-refractivity contribution in [1.82, 2.24) is 4.98 Å². The molecule has 27 heavy (non-hydrogen) atoms. The molecule has 1 aliphatic rings. The highest BCUT2D eigenvalue weighted by atomic mass is 32.1. The summed E-state index contributed by atoms with van der Waals surface area (Å²) in [5, 5.41) is 4.86. The van der Waals surface area contributed by atoms with Crippen LogP contribution in [0.3, 0.4) is 0 Å². The summed E-state index contributed by atoms with van der Waals surface area (Å²) in [6.45, 7) is 7.91. The minimum atomic E-state index is -0.264. The second-order valence-electron chi connectivity index (χ2n) is 6.60. The molecule has 1 aliphatic heterocycles. The van der Waals surface area contributed by atoms with Crippen molar-refractivity contribution in [3.8, 4) is 10.6 Å². The summed E-state index contributed by atoms with van der Waals surface area (Å²) in [5.41, 5.74) is 2.26. The van der Waals surface area contributed by atoms with E-state index in [1.165, 1.54) is 43.1 Å². The van der Waals surface area contributed by atoms with Crippen molar-refractivity contribution < 1.29 is 14.1 Å². The maximum Gasteiger partial charge on any atom is 0.278 e. The van der Waals surface area contributed by atoms with Gasteiger partial charge in [0.25, 0.3) is 5.91 Å². The van der Waals surface area contributed by atoms with Gasteiger partial charge in [0.05, 0.1) is 37.6 Å². The molecular formula is C20H23N4O2S+. The number of hydrogen-bond donors (Lipinski definition) is 2. The third-order valence-corrected chi connectivity index (χ3v) is 5.86. The first kappa shape index (κ1) is 17.8. The molecular weight excluding hydrogens is 360 g/mol. The molecule has 3 heterocycles. The molecule has 0 radical (unpaired) electrons. The fourth-order valence-electron chi connectivity index (χ4n) is 3.37. The van der Waals surface area contributed by atoms with Crippen molar-refractivity contribution in [1.29, 1.82) is 0 Å². The first-order valence-electron chi connectivity index (χ1n) is 9.22. The quantitative estimate of drug-likeness (QED) is 0.710. The van der Waals surface area contributed by atoms with E-state index in [2.05, 4.69) is 34.3 Å². The number of aromatic nitrogens is 1. The fraction of sp³-hybridized carbons (Fsp3) is 0.300. The molecule has 0 aliphatic carbocycles. The van der Waals surface area contributed by atoms with E-state index in [1.54, 1.807) is 4.90 Å². The summed E-state index contributed by atoms with van der Waals surface area (Å²) in [7, 11) is 0. The summed E-state index contributed by atoms with van der Waals surface area (Å²) in [6.07, 6.45) is 1.31. The number of hydrogen-bond acceptors (Lipinski definition) is 5. The minimum Gasteiger partial charge on any atom is -0.442 e. The third-order valence-electron chi connectivity index (χ3n) is 4.99. The minimum absolute atomic E-state index is 0.264. The molecule has 1 fully saturated rings. The number of piperazine rings is 1. The number of nitrogens with zero attached hydrogens (tertiary/aromatic N) is 2. The smallest absolute Gasteiger partial charge is 0.278 e. The van der Waals surface area contributed by atoms with Crippen LogP contribution >= 0.6 is 11.3 Å². The first-order valence-corrected chi connectivity index (χ1v) is 10.1. The van der Waals surface area contributed by atoms with Gasteiger partial charge in [-0.1, -0.05) is 6.07 Å². The maximum atomic E-state index is 12.6. The second-order valence-corrected chi connectivity index (χ2v) is 7.55. The summed E-state index contributed by atoms with van der Waals surface area (Å²) in [4.78, 5) is 21.6. The number of carbonyl (C=O) groups excluding carboxylic acids is 1. The Bertz CT molecular complexity index is 881. The van der Waals surface area contributed by atoms with Gasteiger partial charge in [-0.05, 0) is 42.6 Å². The lowest BCUT2D eigenvalue weighted by Crippen LogP contribution is -3.14. The van der Waals surface area contributed by atoms with Crippen LogP contribution in [0.25, 0.3) is 10.6 Å². The van der Waals surface area contributed by atoms with E-state index in [-0.39, 0.29) is 5.91 Å². The molecule has 2 aromatic heterocycles. The van der Waals surface area contributed by atoms with Crippen molar-refractivity contribution in [2.75, 3.05) is 42.9 Å². The zero-order valence-electron chi connectivity index (χ0n) is 15.3. The average Bonchev–Trinajstić information content (AvgIpc) is 3.40. The fourth-order valence-corrected chi connectivity index (χ4v) is 4.08. The van der Waals surface area contributed by atoms with Gasteiger partial charge in [-0.3, -0.25) is 4.79 Å². The summed E-state index contributed by atoms with van der Waals surface area (Å²) in [6, 6.07) is 11.8. The van der Waals surface area contributed by atoms with Gasteiger partial charge in [0, 0.05) is 11.4 Å². The topological polar surface area (TPSA) is 62.8 Å². The van der Waals surface area contributed by atoms with E-state index in [0.717, 1.165) is 23.7 Å². The van der Waals surface area contributed by atoms with Crippen molar-refractivity contribution in [3.63, 3.8) is 0 Å². The highest BCUT2D eigenvalue weighted by Crippen LogP contribution is 2.28. The molecule has 1 aromatic carbocycles. The molecule has 2 N–H and O–H groups in total. The van der Waals surface area contributed by atoms with Gasteiger partial charge in [-0.25, -0.2) is 4.98 Å². The van der Waals surface area contributed by atoms with E-state index in [9.17, 15) is 4.79 Å². The normalized spacial score (nSPS) is 15.1. The van der Waals surface area contributed by atoms with Gasteiger partial charge in [0.15, 0.2) is 17.8 Å². The Morgan fingerprint density at radius 1 is 1.26 bits per heavy atom. The lowest BCUT2D eigenvalue weighted by Gasteiger charge is -2.33. The number of carbonyl (C=O) groups is 1. The standard InChI is InChI=1S/C20H22N4O2S/c1-2-23-9-11-24(12-10-23)16-7-5-15(6-8-16)22-20(25)18-19(26-14-21-18)17-4-3-13-27-17/h3-8,13-14H,2,9-12H2,1H3,(H,22,25)/p+1. The van der Waals surface area contributed by atoms with Crippen molar-refractivity contribution >= 4 is 28.6 Å². The van der Waals surface area contributed by atoms with Crippen LogP contribution in [-0.4, -0.2) is 43.6 Å². The molecule has 0 atom stereocenters. The summed E-state index contributed by atoms with van der Waals surface area (Å²) < 4.78 is 5.41. The number of quaternary nitrogens is 1. The Kier molecular flexibility index (Phi) is 5.22. The van der Waals surface area contributed by atoms with Gasteiger partial charge in [-0.15, -0.1) is 11.3 Å². The highest BCUT2D eigenvalue weighted by molar-refractivity contribution is 7.13. The number of oxazole rings is 1. The largest absolute Gasteiger partial charge is 0.442 e. The zero-order chi connectivity index (χ0) is 18.6. The number of likely N-dealkylation sites (N-methyl/N-ethyl adjacent to an activating group) is 1. The Hall–Kier alpha value is -2.64. The molecule has 0 spiro atoms. The Morgan fingerprint density at radius 3 is 2.70 bits per heavy atom. The number of amides is 1. The monoisotopic (exact) mass is 383 g/mol. The lowest BCUT2D eigenvalue weighted by atomic mass is 10.2. The molecule has 1 amide bonds. The highest BCUT2D eigenvalue weighted by Gasteiger charge is 2.20. The van der Waals surface area contributed by atoms with Gasteiger partial charge >= 0.3 is 0 Å². The Labute approximate surface area is 162 Å². The number of rotatable bonds is 5. The molecule has 4 rings (SSSR count). The maximum absolute atomic E-state index is 12.6. The van der Waals surface area contributed by atoms with Crippen molar-refractivity contribution in [3.05, 3.63) is 53.9 Å². The molecule has 1 saturated heterocycles. The Balaban J connectivity index is 1.42. The van der Waals surface area contributed by atoms with E-state index in [1.807, 2.05) is 29.6 Å². The second kappa shape index (κ2) is 7.94. The summed E-state index contributed by atoms with van der Waals surface area (Å²) in [5.74, 6) is 0.246. The van der Waals surface area contributed by atoms with Crippen LogP contribution in [0.5, 0.6) is 0 Å². The zero-order valence-corrected chi connectivity index (χ0v) is 16.1. The molecule has 6 nitrogen and oxygen atoms in total. The molecule has 7 heteroatoms. The van der Waals surface area contributed by atoms with Gasteiger partial charge in [0.1, 0.15) is 0 Å². The molecule has 140 valence electrons. The van der Waals surface area contributed by atoms with Crippen LogP contribution in [-0.2, 0) is 0 Å². The predicted octanol–water partition coefficient (Wildman–Crippen LogP) is 2.38. The summed E-state index contributed by atoms with van der Waals surface area (Å²) >= 11 is 1.52. The van der Waals surface area contributed by atoms with Crippen molar-refractivity contribution in [2.24, 2.45) is 0 Å². The van der Waals surface area contributed by atoms with Crippen LogP contribution in [0.1, 0.15) is 17.4 Å². The first-order chi connectivity index (χ1) is 13.2. The van der Waals surface area contributed by atoms with E-state index in [4.69, 9.17) is 4.42 Å². The van der Waals surface area contributed by atoms with Crippen LogP contribution in [0, 0.1) is 0 Å². The third kappa shape index (κ3) is 3.89. The van der Waals surface area contributed by atoms with Crippen molar-refractivity contribution in [2.45, 2.75) is 6.92 Å². The number of thiophene rings is 1. The van der Waals surface area contributed by atoms with E-state index < -0.39 is 0 Å². The lowest BCUT2D eigenvalue weighted by molar-refractivity contribution is -0.898. The van der Waals surface area contributed by atoms with E-state index >= 15 is 0 Å². The SMILES string of the molecule is CC[NH+]1CCN(c2ccc(NC(=O)c3ncoc3-c3cccs3)cc2)CC1. The molecule has 0 saturated carbocycles. The molecule has 0 unspecified atom stereocenters. The van der Waals surface area contributed by atoms with E-state index in [0.29, 0.717) is 11.5 Å². The van der Waals surface area contributed by atoms with Gasteiger partial charge in [0.2, 0.25) is 0 Å². The van der Waals surface area contributed by atoms with Gasteiger partial charge < -0.3 is 19.5 Å². The molecule has 0 bridgehead atoms. The van der Waals surface area contributed by atoms with Crippen LogP contribution in [0.2, 0.25) is 0 Å². The van der Waals surface area contributed by atoms with Gasteiger partial charge in [-0.2, -0.15) is 0 Å². The van der Waals surface area contributed by atoms with Crippen LogP contribution in [0.15, 0.2) is 52.6 Å². The number of benzene rings is 1. The predicted molar refractivity (Wildman–Crippen MR) is 108 cm³/mol. The van der Waals surface area contributed by atoms with Crippen LogP contribution in [0.4, 0.5) is 11.4 Å². The van der Waals surface area contributed by atoms with Crippen LogP contribution < -0.4 is 15.1 Å². The Morgan fingerprint density at radius 2 is 2.04 bits per heavy atom. The molecule has 3 aromatic rings.